The van der Waals surface area contributed by atoms with E-state index >= 15 is 0 Å². The summed E-state index contributed by atoms with van der Waals surface area (Å²) in [6.45, 7) is 2.26. The molecule has 3 rings (SSSR count). The molecule has 0 bridgehead atoms. The lowest BCUT2D eigenvalue weighted by Crippen LogP contribution is -2.55. The van der Waals surface area contributed by atoms with E-state index in [-0.39, 0.29) is 30.2 Å². The van der Waals surface area contributed by atoms with E-state index in [1.54, 1.807) is 13.0 Å². The quantitative estimate of drug-likeness (QED) is 0.861. The molecule has 2 aliphatic rings. The third-order valence-corrected chi connectivity index (χ3v) is 5.74. The van der Waals surface area contributed by atoms with Crippen LogP contribution < -0.4 is 5.32 Å². The molecule has 19 heavy (non-hydrogen) atoms. The van der Waals surface area contributed by atoms with Gasteiger partial charge in [-0.2, -0.15) is 4.31 Å². The number of aryl methyl sites for hydroxylation is 1. The van der Waals surface area contributed by atoms with Gasteiger partial charge in [-0.25, -0.2) is 8.42 Å². The van der Waals surface area contributed by atoms with Gasteiger partial charge in [-0.15, -0.1) is 0 Å². The number of hydrogen-bond acceptors (Lipinski definition) is 5. The molecule has 1 aromatic heterocycles. The molecular weight excluding hydrogens is 270 g/mol. The van der Waals surface area contributed by atoms with E-state index < -0.39 is 10.0 Å². The van der Waals surface area contributed by atoms with Crippen molar-refractivity contribution in [2.24, 2.45) is 5.92 Å². The number of anilines is 1. The minimum Gasteiger partial charge on any atom is -0.360 e. The number of carbonyl (C=O) groups excluding carboxylic acids is 1. The Hall–Kier alpha value is -1.41. The zero-order chi connectivity index (χ0) is 13.6. The number of aromatic nitrogens is 1. The maximum absolute atomic E-state index is 11.9. The summed E-state index contributed by atoms with van der Waals surface area (Å²) < 4.78 is 30.0. The molecule has 1 saturated heterocycles. The van der Waals surface area contributed by atoms with Gasteiger partial charge < -0.3 is 9.84 Å². The Labute approximate surface area is 111 Å². The van der Waals surface area contributed by atoms with Crippen LogP contribution in [-0.4, -0.2) is 42.1 Å². The normalized spacial score (nSPS) is 21.1. The molecule has 0 unspecified atom stereocenters. The summed E-state index contributed by atoms with van der Waals surface area (Å²) in [6, 6.07) is 1.62. The van der Waals surface area contributed by atoms with Gasteiger partial charge in [-0.1, -0.05) is 5.16 Å². The predicted molar refractivity (Wildman–Crippen MR) is 66.9 cm³/mol. The third-order valence-electron chi connectivity index (χ3n) is 3.40. The first-order valence-electron chi connectivity index (χ1n) is 6.20. The summed E-state index contributed by atoms with van der Waals surface area (Å²) in [5, 5.41) is 6.07. The summed E-state index contributed by atoms with van der Waals surface area (Å²) in [6.07, 6.45) is 1.49. The number of rotatable bonds is 4. The van der Waals surface area contributed by atoms with Crippen LogP contribution in [0.3, 0.4) is 0 Å². The Kier molecular flexibility index (Phi) is 2.86. The first-order chi connectivity index (χ1) is 8.96. The molecule has 1 aliphatic carbocycles. The van der Waals surface area contributed by atoms with Crippen molar-refractivity contribution in [2.45, 2.75) is 25.0 Å². The maximum atomic E-state index is 11.9. The fraction of sp³-hybridized carbons (Fsp3) is 0.636. The molecule has 8 heteroatoms. The monoisotopic (exact) mass is 285 g/mol. The highest BCUT2D eigenvalue weighted by Crippen LogP contribution is 2.34. The van der Waals surface area contributed by atoms with Crippen molar-refractivity contribution in [3.63, 3.8) is 0 Å². The Bertz CT molecular complexity index is 599. The van der Waals surface area contributed by atoms with Crippen molar-refractivity contribution in [1.29, 1.82) is 0 Å². The van der Waals surface area contributed by atoms with E-state index in [2.05, 4.69) is 10.5 Å². The molecule has 0 spiro atoms. The molecule has 2 fully saturated rings. The SMILES string of the molecule is Cc1cc(NC(=O)C2CN(S(=O)(=O)C3CC3)C2)no1. The highest BCUT2D eigenvalue weighted by Gasteiger charge is 2.46. The van der Waals surface area contributed by atoms with Gasteiger partial charge in [0.15, 0.2) is 5.82 Å². The average Bonchev–Trinajstić information content (AvgIpc) is 3.02. The fourth-order valence-electron chi connectivity index (χ4n) is 2.04. The Balaban J connectivity index is 1.54. The molecular formula is C11H15N3O4S. The molecule has 1 aromatic rings. The van der Waals surface area contributed by atoms with E-state index in [1.807, 2.05) is 0 Å². The molecule has 1 amide bonds. The zero-order valence-electron chi connectivity index (χ0n) is 10.5. The predicted octanol–water partition coefficient (Wildman–Crippen LogP) is 0.346. The molecule has 1 aliphatic heterocycles. The summed E-state index contributed by atoms with van der Waals surface area (Å²) in [5.41, 5.74) is 0. The second-order valence-electron chi connectivity index (χ2n) is 5.07. The van der Waals surface area contributed by atoms with Crippen molar-refractivity contribution in [3.05, 3.63) is 11.8 Å². The average molecular weight is 285 g/mol. The van der Waals surface area contributed by atoms with Crippen LogP contribution >= 0.6 is 0 Å². The van der Waals surface area contributed by atoms with Gasteiger partial charge in [0.05, 0.1) is 11.2 Å². The second kappa shape index (κ2) is 4.31. The van der Waals surface area contributed by atoms with Crippen LogP contribution in [0.1, 0.15) is 18.6 Å². The standard InChI is InChI=1S/C11H15N3O4S/c1-7-4-10(13-18-7)12-11(15)8-5-14(6-8)19(16,17)9-2-3-9/h4,8-9H,2-3,5-6H2,1H3,(H,12,13,15). The van der Waals surface area contributed by atoms with Crippen molar-refractivity contribution in [3.8, 4) is 0 Å². The summed E-state index contributed by atoms with van der Waals surface area (Å²) >= 11 is 0. The second-order valence-corrected chi connectivity index (χ2v) is 7.28. The highest BCUT2D eigenvalue weighted by atomic mass is 32.2. The van der Waals surface area contributed by atoms with Gasteiger partial charge >= 0.3 is 0 Å². The number of carbonyl (C=O) groups is 1. The zero-order valence-corrected chi connectivity index (χ0v) is 11.3. The van der Waals surface area contributed by atoms with Gasteiger partial charge in [-0.05, 0) is 19.8 Å². The number of nitrogens with zero attached hydrogens (tertiary/aromatic N) is 2. The largest absolute Gasteiger partial charge is 0.360 e. The molecule has 0 atom stereocenters. The summed E-state index contributed by atoms with van der Waals surface area (Å²) in [4.78, 5) is 11.8. The van der Waals surface area contributed by atoms with Crippen molar-refractivity contribution < 1.29 is 17.7 Å². The van der Waals surface area contributed by atoms with Crippen LogP contribution in [0.15, 0.2) is 10.6 Å². The molecule has 1 N–H and O–H groups in total. The first-order valence-corrected chi connectivity index (χ1v) is 7.70. The van der Waals surface area contributed by atoms with Crippen molar-refractivity contribution in [1.82, 2.24) is 9.46 Å². The van der Waals surface area contributed by atoms with E-state index in [4.69, 9.17) is 4.52 Å². The fourth-order valence-corrected chi connectivity index (χ4v) is 3.97. The van der Waals surface area contributed by atoms with Crippen LogP contribution in [0.2, 0.25) is 0 Å². The van der Waals surface area contributed by atoms with Gasteiger partial charge in [0.25, 0.3) is 0 Å². The molecule has 2 heterocycles. The number of hydrogen-bond donors (Lipinski definition) is 1. The van der Waals surface area contributed by atoms with E-state index in [0.29, 0.717) is 11.6 Å². The van der Waals surface area contributed by atoms with Gasteiger partial charge in [0, 0.05) is 19.2 Å². The molecule has 104 valence electrons. The lowest BCUT2D eigenvalue weighted by Gasteiger charge is -2.36. The topological polar surface area (TPSA) is 92.5 Å². The smallest absolute Gasteiger partial charge is 0.231 e. The number of sulfonamides is 1. The molecule has 0 aromatic carbocycles. The van der Waals surface area contributed by atoms with Crippen LogP contribution in [-0.2, 0) is 14.8 Å². The Morgan fingerprint density at radius 2 is 2.16 bits per heavy atom. The summed E-state index contributed by atoms with van der Waals surface area (Å²) in [5.74, 6) is 0.467. The summed E-state index contributed by atoms with van der Waals surface area (Å²) in [7, 11) is -3.15. The van der Waals surface area contributed by atoms with E-state index in [1.165, 1.54) is 4.31 Å². The first kappa shape index (κ1) is 12.6. The van der Waals surface area contributed by atoms with Gasteiger partial charge in [0.1, 0.15) is 5.76 Å². The van der Waals surface area contributed by atoms with Gasteiger partial charge in [0.2, 0.25) is 15.9 Å². The van der Waals surface area contributed by atoms with Gasteiger partial charge in [-0.3, -0.25) is 4.79 Å². The minimum absolute atomic E-state index is 0.212. The van der Waals surface area contributed by atoms with E-state index in [0.717, 1.165) is 12.8 Å². The van der Waals surface area contributed by atoms with E-state index in [9.17, 15) is 13.2 Å². The van der Waals surface area contributed by atoms with Crippen LogP contribution in [0.4, 0.5) is 5.82 Å². The Morgan fingerprint density at radius 1 is 1.47 bits per heavy atom. The van der Waals surface area contributed by atoms with Crippen molar-refractivity contribution in [2.75, 3.05) is 18.4 Å². The van der Waals surface area contributed by atoms with Crippen molar-refractivity contribution >= 4 is 21.7 Å². The Morgan fingerprint density at radius 3 is 2.68 bits per heavy atom. The number of nitrogens with one attached hydrogen (secondary N) is 1. The highest BCUT2D eigenvalue weighted by molar-refractivity contribution is 7.90. The molecule has 0 radical (unpaired) electrons. The van der Waals surface area contributed by atoms with Crippen LogP contribution in [0, 0.1) is 12.8 Å². The van der Waals surface area contributed by atoms with Crippen LogP contribution in [0.25, 0.3) is 0 Å². The number of amides is 1. The third kappa shape index (κ3) is 2.37. The molecule has 1 saturated carbocycles. The lowest BCUT2D eigenvalue weighted by molar-refractivity contribution is -0.122. The lowest BCUT2D eigenvalue weighted by atomic mass is 10.0. The molecule has 7 nitrogen and oxygen atoms in total. The van der Waals surface area contributed by atoms with Crippen LogP contribution in [0.5, 0.6) is 0 Å². The minimum atomic E-state index is -3.15. The maximum Gasteiger partial charge on any atom is 0.231 e.